The summed E-state index contributed by atoms with van der Waals surface area (Å²) >= 11 is 1.44. The van der Waals surface area contributed by atoms with Crippen LogP contribution in [0.1, 0.15) is 25.0 Å². The van der Waals surface area contributed by atoms with Crippen LogP contribution in [0.2, 0.25) is 0 Å². The summed E-state index contributed by atoms with van der Waals surface area (Å²) in [7, 11) is 1.65. The molecule has 7 nitrogen and oxygen atoms in total. The lowest BCUT2D eigenvalue weighted by molar-refractivity contribution is -0.0845. The van der Waals surface area contributed by atoms with Crippen molar-refractivity contribution >= 4 is 16.3 Å². The number of aliphatic hydroxyl groups excluding tert-OH is 2. The molecule has 1 aliphatic rings. The molecule has 0 aliphatic carbocycles. The Bertz CT molecular complexity index is 762. The largest absolute Gasteiger partial charge is 0.396 e. The normalized spacial score (nSPS) is 24.8. The third-order valence-corrected chi connectivity index (χ3v) is 5.80. The number of likely N-dealkylation sites (tertiary alicyclic amines) is 1. The zero-order valence-electron chi connectivity index (χ0n) is 14.4. The van der Waals surface area contributed by atoms with Gasteiger partial charge in [-0.15, -0.1) is 11.3 Å². The average Bonchev–Trinajstić information content (AvgIpc) is 3.07. The highest BCUT2D eigenvalue weighted by molar-refractivity contribution is 7.15. The quantitative estimate of drug-likeness (QED) is 0.702. The molecule has 3 rings (SSSR count). The Morgan fingerprint density at radius 1 is 1.52 bits per heavy atom. The van der Waals surface area contributed by atoms with E-state index in [4.69, 9.17) is 4.74 Å². The minimum atomic E-state index is -0.543. The summed E-state index contributed by atoms with van der Waals surface area (Å²) in [5.41, 5.74) is 0.109. The lowest BCUT2D eigenvalue weighted by Gasteiger charge is -2.45. The Morgan fingerprint density at radius 2 is 2.36 bits per heavy atom. The van der Waals surface area contributed by atoms with Crippen LogP contribution < -0.4 is 5.56 Å². The summed E-state index contributed by atoms with van der Waals surface area (Å²) in [6.45, 7) is 2.40. The van der Waals surface area contributed by atoms with Gasteiger partial charge in [0.2, 0.25) is 0 Å². The van der Waals surface area contributed by atoms with Crippen LogP contribution in [-0.4, -0.2) is 64.0 Å². The Morgan fingerprint density at radius 3 is 3.12 bits per heavy atom. The fourth-order valence-corrected chi connectivity index (χ4v) is 4.36. The molecular weight excluding hydrogens is 342 g/mol. The summed E-state index contributed by atoms with van der Waals surface area (Å²) < 4.78 is 6.64. The highest BCUT2D eigenvalue weighted by atomic mass is 32.1. The second-order valence-electron chi connectivity index (χ2n) is 6.77. The van der Waals surface area contributed by atoms with Crippen molar-refractivity contribution in [2.24, 2.45) is 5.41 Å². The van der Waals surface area contributed by atoms with Crippen molar-refractivity contribution in [1.29, 1.82) is 0 Å². The van der Waals surface area contributed by atoms with Crippen molar-refractivity contribution in [2.75, 3.05) is 33.4 Å². The van der Waals surface area contributed by atoms with E-state index in [1.807, 2.05) is 5.38 Å². The van der Waals surface area contributed by atoms with E-state index in [0.717, 1.165) is 18.7 Å². The van der Waals surface area contributed by atoms with E-state index in [9.17, 15) is 15.0 Å². The van der Waals surface area contributed by atoms with Crippen molar-refractivity contribution in [3.63, 3.8) is 0 Å². The molecule has 0 unspecified atom stereocenters. The summed E-state index contributed by atoms with van der Waals surface area (Å²) in [5.74, 6) is 0. The van der Waals surface area contributed by atoms with Gasteiger partial charge in [0.15, 0.2) is 4.96 Å². The van der Waals surface area contributed by atoms with E-state index < -0.39 is 11.5 Å². The van der Waals surface area contributed by atoms with Crippen molar-refractivity contribution in [3.05, 3.63) is 33.7 Å². The molecule has 138 valence electrons. The van der Waals surface area contributed by atoms with Crippen molar-refractivity contribution < 1.29 is 14.9 Å². The zero-order valence-corrected chi connectivity index (χ0v) is 15.2. The minimum Gasteiger partial charge on any atom is -0.396 e. The lowest BCUT2D eigenvalue weighted by Crippen LogP contribution is -2.53. The monoisotopic (exact) mass is 367 g/mol. The summed E-state index contributed by atoms with van der Waals surface area (Å²) in [5, 5.41) is 22.3. The molecule has 0 aromatic carbocycles. The predicted octanol–water partition coefficient (Wildman–Crippen LogP) is 0.728. The van der Waals surface area contributed by atoms with E-state index in [1.165, 1.54) is 15.7 Å². The highest BCUT2D eigenvalue weighted by Gasteiger charge is 2.41. The first-order chi connectivity index (χ1) is 12.1. The lowest BCUT2D eigenvalue weighted by atomic mass is 9.74. The summed E-state index contributed by atoms with van der Waals surface area (Å²) in [4.78, 5) is 19.5. The van der Waals surface area contributed by atoms with Crippen LogP contribution in [0.4, 0.5) is 0 Å². The van der Waals surface area contributed by atoms with Crippen LogP contribution in [-0.2, 0) is 11.3 Å². The molecule has 1 aliphatic heterocycles. The Hall–Kier alpha value is -1.32. The summed E-state index contributed by atoms with van der Waals surface area (Å²) in [6, 6.07) is 1.57. The second kappa shape index (κ2) is 7.92. The molecule has 3 heterocycles. The first-order valence-electron chi connectivity index (χ1n) is 8.54. The fourth-order valence-electron chi connectivity index (χ4n) is 3.62. The molecule has 25 heavy (non-hydrogen) atoms. The van der Waals surface area contributed by atoms with E-state index in [-0.39, 0.29) is 12.2 Å². The zero-order chi connectivity index (χ0) is 17.9. The Labute approximate surface area is 150 Å². The van der Waals surface area contributed by atoms with E-state index in [2.05, 4.69) is 9.88 Å². The van der Waals surface area contributed by atoms with Crippen molar-refractivity contribution in [3.8, 4) is 0 Å². The third-order valence-electron chi connectivity index (χ3n) is 5.04. The van der Waals surface area contributed by atoms with Gasteiger partial charge in [0, 0.05) is 56.4 Å². The first kappa shape index (κ1) is 18.5. The van der Waals surface area contributed by atoms with Crippen LogP contribution in [0.25, 0.3) is 4.96 Å². The fraction of sp³-hybridized carbons (Fsp3) is 0.647. The number of rotatable bonds is 7. The number of thiazole rings is 1. The molecule has 1 saturated heterocycles. The second-order valence-corrected chi connectivity index (χ2v) is 7.65. The first-order valence-corrected chi connectivity index (χ1v) is 9.42. The van der Waals surface area contributed by atoms with Crippen molar-refractivity contribution in [2.45, 2.75) is 31.9 Å². The van der Waals surface area contributed by atoms with Gasteiger partial charge in [0.25, 0.3) is 5.56 Å². The van der Waals surface area contributed by atoms with Crippen LogP contribution in [0.3, 0.4) is 0 Å². The Kier molecular flexibility index (Phi) is 5.85. The van der Waals surface area contributed by atoms with Gasteiger partial charge in [0.1, 0.15) is 0 Å². The highest BCUT2D eigenvalue weighted by Crippen LogP contribution is 2.35. The maximum atomic E-state index is 12.1. The number of aromatic nitrogens is 2. The number of hydrogen-bond donors (Lipinski definition) is 2. The molecule has 0 amide bonds. The van der Waals surface area contributed by atoms with Gasteiger partial charge in [-0.1, -0.05) is 0 Å². The van der Waals surface area contributed by atoms with Gasteiger partial charge in [-0.25, -0.2) is 4.98 Å². The van der Waals surface area contributed by atoms with Gasteiger partial charge >= 0.3 is 0 Å². The van der Waals surface area contributed by atoms with E-state index in [1.54, 1.807) is 19.4 Å². The van der Waals surface area contributed by atoms with E-state index in [0.29, 0.717) is 37.5 Å². The van der Waals surface area contributed by atoms with Crippen LogP contribution >= 0.6 is 11.3 Å². The number of piperidine rings is 1. The molecule has 0 radical (unpaired) electrons. The van der Waals surface area contributed by atoms with Crippen molar-refractivity contribution in [1.82, 2.24) is 14.3 Å². The molecule has 2 aromatic heterocycles. The SMILES string of the molecule is COCCC[C@@]1(CO)CN(Cc2cc(=O)n3ccsc3n2)CC[C@H]1O. The Balaban J connectivity index is 1.74. The average molecular weight is 367 g/mol. The maximum Gasteiger partial charge on any atom is 0.258 e. The van der Waals surface area contributed by atoms with Gasteiger partial charge in [0.05, 0.1) is 18.4 Å². The number of methoxy groups -OCH3 is 1. The van der Waals surface area contributed by atoms with Crippen LogP contribution in [0, 0.1) is 5.41 Å². The van der Waals surface area contributed by atoms with Gasteiger partial charge in [-0.3, -0.25) is 14.1 Å². The number of ether oxygens (including phenoxy) is 1. The topological polar surface area (TPSA) is 87.3 Å². The molecule has 1 fully saturated rings. The van der Waals surface area contributed by atoms with Gasteiger partial charge in [-0.2, -0.15) is 0 Å². The molecular formula is C17H25N3O4S. The molecule has 2 aromatic rings. The standard InChI is InChI=1S/C17H25N3O4S/c1-24-7-2-4-17(12-21)11-19(5-3-14(17)22)10-13-9-15(23)20-6-8-25-16(20)18-13/h6,8-9,14,21-22H,2-5,7,10-12H2,1H3/t14-,17+/m1/s1. The van der Waals surface area contributed by atoms with Crippen LogP contribution in [0.5, 0.6) is 0 Å². The van der Waals surface area contributed by atoms with Gasteiger partial charge < -0.3 is 14.9 Å². The maximum absolute atomic E-state index is 12.1. The molecule has 2 N–H and O–H groups in total. The number of aliphatic hydroxyl groups is 2. The number of hydrogen-bond acceptors (Lipinski definition) is 7. The predicted molar refractivity (Wildman–Crippen MR) is 95.9 cm³/mol. The minimum absolute atomic E-state index is 0.0611. The molecule has 0 bridgehead atoms. The smallest absolute Gasteiger partial charge is 0.258 e. The number of fused-ring (bicyclic) bond motifs is 1. The van der Waals surface area contributed by atoms with Gasteiger partial charge in [-0.05, 0) is 19.3 Å². The third kappa shape index (κ3) is 3.93. The molecule has 0 spiro atoms. The van der Waals surface area contributed by atoms with E-state index >= 15 is 0 Å². The number of nitrogens with zero attached hydrogens (tertiary/aromatic N) is 3. The van der Waals surface area contributed by atoms with Crippen LogP contribution in [0.15, 0.2) is 22.4 Å². The molecule has 8 heteroatoms. The molecule has 0 saturated carbocycles. The molecule has 2 atom stereocenters. The summed E-state index contributed by atoms with van der Waals surface area (Å²) in [6.07, 6.45) is 3.30.